The molecule has 0 N–H and O–H groups in total. The van der Waals surface area contributed by atoms with Gasteiger partial charge in [0.25, 0.3) is 0 Å². The van der Waals surface area contributed by atoms with Crippen LogP contribution >= 0.6 is 0 Å². The number of esters is 1. The SMILES string of the molecule is CCOC(=O)C1CCN(C(=O)CCS(=O)(=O)c2ccc3c(c2)C[C@@H](C)N3C(=O)CC)CC1. The van der Waals surface area contributed by atoms with E-state index >= 15 is 0 Å². The number of anilines is 1. The van der Waals surface area contributed by atoms with Crippen LogP contribution in [0.1, 0.15) is 52.0 Å². The Morgan fingerprint density at radius 2 is 1.78 bits per heavy atom. The fourth-order valence-corrected chi connectivity index (χ4v) is 5.75. The van der Waals surface area contributed by atoms with Crippen LogP contribution < -0.4 is 4.90 Å². The molecule has 32 heavy (non-hydrogen) atoms. The highest BCUT2D eigenvalue weighted by molar-refractivity contribution is 7.91. The Morgan fingerprint density at radius 3 is 2.41 bits per heavy atom. The maximum absolute atomic E-state index is 12.9. The summed E-state index contributed by atoms with van der Waals surface area (Å²) in [5.41, 5.74) is 1.61. The molecule has 0 saturated carbocycles. The number of carbonyl (C=O) groups is 3. The molecule has 2 heterocycles. The molecule has 2 aliphatic rings. The molecule has 0 unspecified atom stereocenters. The number of rotatable bonds is 7. The first-order valence-corrected chi connectivity index (χ1v) is 12.9. The van der Waals surface area contributed by atoms with Crippen molar-refractivity contribution in [2.75, 3.05) is 30.3 Å². The van der Waals surface area contributed by atoms with Gasteiger partial charge >= 0.3 is 5.97 Å². The minimum absolute atomic E-state index is 0.00508. The largest absolute Gasteiger partial charge is 0.466 e. The van der Waals surface area contributed by atoms with Gasteiger partial charge < -0.3 is 14.5 Å². The normalized spacial score (nSPS) is 19.0. The molecule has 0 aliphatic carbocycles. The van der Waals surface area contributed by atoms with Crippen molar-refractivity contribution in [3.05, 3.63) is 23.8 Å². The lowest BCUT2D eigenvalue weighted by Gasteiger charge is -2.31. The van der Waals surface area contributed by atoms with Crippen molar-refractivity contribution in [2.24, 2.45) is 5.92 Å². The Hall–Kier alpha value is -2.42. The molecule has 0 radical (unpaired) electrons. The quantitative estimate of drug-likeness (QED) is 0.574. The number of nitrogens with zero attached hydrogens (tertiary/aromatic N) is 2. The summed E-state index contributed by atoms with van der Waals surface area (Å²) in [5.74, 6) is -0.896. The smallest absolute Gasteiger partial charge is 0.309 e. The highest BCUT2D eigenvalue weighted by Gasteiger charge is 2.32. The van der Waals surface area contributed by atoms with Gasteiger partial charge in [-0.05, 0) is 56.9 Å². The van der Waals surface area contributed by atoms with E-state index in [1.54, 1.807) is 28.9 Å². The summed E-state index contributed by atoms with van der Waals surface area (Å²) >= 11 is 0. The second kappa shape index (κ2) is 10.0. The van der Waals surface area contributed by atoms with Gasteiger partial charge in [-0.25, -0.2) is 8.42 Å². The van der Waals surface area contributed by atoms with E-state index < -0.39 is 9.84 Å². The van der Waals surface area contributed by atoms with Crippen molar-refractivity contribution in [3.8, 4) is 0 Å². The van der Waals surface area contributed by atoms with Crippen molar-refractivity contribution < 1.29 is 27.5 Å². The molecule has 0 bridgehead atoms. The Balaban J connectivity index is 1.59. The number of fused-ring (bicyclic) bond motifs is 1. The van der Waals surface area contributed by atoms with Crippen LogP contribution in [0.3, 0.4) is 0 Å². The van der Waals surface area contributed by atoms with Gasteiger partial charge in [-0.1, -0.05) is 6.92 Å². The Kier molecular flexibility index (Phi) is 7.59. The van der Waals surface area contributed by atoms with E-state index in [2.05, 4.69) is 0 Å². The van der Waals surface area contributed by atoms with E-state index in [1.165, 1.54) is 6.07 Å². The highest BCUT2D eigenvalue weighted by Crippen LogP contribution is 2.34. The van der Waals surface area contributed by atoms with Gasteiger partial charge in [0, 0.05) is 37.7 Å². The first-order valence-electron chi connectivity index (χ1n) is 11.3. The molecule has 9 heteroatoms. The predicted octanol–water partition coefficient (Wildman–Crippen LogP) is 2.34. The first kappa shape index (κ1) is 24.2. The van der Waals surface area contributed by atoms with Gasteiger partial charge in [-0.3, -0.25) is 14.4 Å². The molecule has 1 aromatic rings. The topological polar surface area (TPSA) is 101 Å². The number of ether oxygens (including phenoxy) is 1. The molecule has 0 aromatic heterocycles. The third kappa shape index (κ3) is 5.14. The fraction of sp³-hybridized carbons (Fsp3) is 0.609. The molecule has 3 rings (SSSR count). The average molecular weight is 465 g/mol. The summed E-state index contributed by atoms with van der Waals surface area (Å²) in [6.07, 6.45) is 1.97. The molecule has 176 valence electrons. The number of sulfone groups is 1. The first-order chi connectivity index (χ1) is 15.2. The third-order valence-electron chi connectivity index (χ3n) is 6.25. The minimum atomic E-state index is -3.63. The Bertz CT molecular complexity index is 982. The monoisotopic (exact) mass is 464 g/mol. The summed E-state index contributed by atoms with van der Waals surface area (Å²) in [7, 11) is -3.63. The minimum Gasteiger partial charge on any atom is -0.466 e. The van der Waals surface area contributed by atoms with Crippen molar-refractivity contribution in [1.29, 1.82) is 0 Å². The number of amides is 2. The van der Waals surface area contributed by atoms with Crippen LogP contribution in [0.2, 0.25) is 0 Å². The predicted molar refractivity (Wildman–Crippen MR) is 120 cm³/mol. The van der Waals surface area contributed by atoms with Gasteiger partial charge in [-0.15, -0.1) is 0 Å². The zero-order chi connectivity index (χ0) is 23.5. The maximum Gasteiger partial charge on any atom is 0.309 e. The van der Waals surface area contributed by atoms with Crippen LogP contribution in [0.5, 0.6) is 0 Å². The lowest BCUT2D eigenvalue weighted by atomic mass is 9.97. The number of benzene rings is 1. The molecule has 2 aliphatic heterocycles. The van der Waals surface area contributed by atoms with E-state index in [9.17, 15) is 22.8 Å². The van der Waals surface area contributed by atoms with Crippen LogP contribution in [0, 0.1) is 5.92 Å². The summed E-state index contributed by atoms with van der Waals surface area (Å²) in [4.78, 5) is 40.2. The number of hydrogen-bond acceptors (Lipinski definition) is 6. The summed E-state index contributed by atoms with van der Waals surface area (Å²) in [5, 5.41) is 0. The lowest BCUT2D eigenvalue weighted by molar-refractivity contribution is -0.151. The molecule has 1 aromatic carbocycles. The van der Waals surface area contributed by atoms with E-state index in [0.717, 1.165) is 11.3 Å². The van der Waals surface area contributed by atoms with Crippen molar-refractivity contribution in [3.63, 3.8) is 0 Å². The second-order valence-electron chi connectivity index (χ2n) is 8.44. The van der Waals surface area contributed by atoms with E-state index in [4.69, 9.17) is 4.74 Å². The number of carbonyl (C=O) groups excluding carboxylic acids is 3. The van der Waals surface area contributed by atoms with Crippen LogP contribution in [0.4, 0.5) is 5.69 Å². The second-order valence-corrected chi connectivity index (χ2v) is 10.5. The van der Waals surface area contributed by atoms with Crippen molar-refractivity contribution in [1.82, 2.24) is 4.90 Å². The molecule has 1 saturated heterocycles. The van der Waals surface area contributed by atoms with E-state index in [-0.39, 0.29) is 46.8 Å². The third-order valence-corrected chi connectivity index (χ3v) is 7.96. The van der Waals surface area contributed by atoms with Gasteiger partial charge in [0.05, 0.1) is 23.2 Å². The number of hydrogen-bond donors (Lipinski definition) is 0. The fourth-order valence-electron chi connectivity index (χ4n) is 4.47. The van der Waals surface area contributed by atoms with Gasteiger partial charge in [-0.2, -0.15) is 0 Å². The molecule has 2 amide bonds. The molecule has 0 spiro atoms. The standard InChI is InChI=1S/C23H32N2O6S/c1-4-21(26)25-16(3)14-18-15-19(6-7-20(18)25)32(29,30)13-10-22(27)24-11-8-17(9-12-24)23(28)31-5-2/h6-7,15-17H,4-5,8-14H2,1-3H3/t16-/m1/s1. The molecule has 1 fully saturated rings. The Labute approximate surface area is 189 Å². The number of likely N-dealkylation sites (tertiary alicyclic amines) is 1. The summed E-state index contributed by atoms with van der Waals surface area (Å²) < 4.78 is 30.8. The molecular formula is C23H32N2O6S. The van der Waals surface area contributed by atoms with Gasteiger partial charge in [0.1, 0.15) is 0 Å². The summed E-state index contributed by atoms with van der Waals surface area (Å²) in [6.45, 7) is 6.72. The maximum atomic E-state index is 12.9. The van der Waals surface area contributed by atoms with E-state index in [0.29, 0.717) is 45.4 Å². The zero-order valence-corrected chi connectivity index (χ0v) is 19.8. The van der Waals surface area contributed by atoms with Crippen LogP contribution in [0.15, 0.2) is 23.1 Å². The zero-order valence-electron chi connectivity index (χ0n) is 19.0. The molecule has 8 nitrogen and oxygen atoms in total. The lowest BCUT2D eigenvalue weighted by Crippen LogP contribution is -2.41. The Morgan fingerprint density at radius 1 is 1.09 bits per heavy atom. The van der Waals surface area contributed by atoms with Crippen LogP contribution in [-0.2, 0) is 35.4 Å². The average Bonchev–Trinajstić information content (AvgIpc) is 3.12. The highest BCUT2D eigenvalue weighted by atomic mass is 32.2. The van der Waals surface area contributed by atoms with Crippen molar-refractivity contribution in [2.45, 2.75) is 63.8 Å². The van der Waals surface area contributed by atoms with Crippen molar-refractivity contribution >= 4 is 33.3 Å². The van der Waals surface area contributed by atoms with E-state index in [1.807, 2.05) is 13.8 Å². The van der Waals surface area contributed by atoms with Gasteiger partial charge in [0.2, 0.25) is 11.8 Å². The van der Waals surface area contributed by atoms with Gasteiger partial charge in [0.15, 0.2) is 9.84 Å². The molecular weight excluding hydrogens is 432 g/mol. The van der Waals surface area contributed by atoms with Crippen LogP contribution in [-0.4, -0.2) is 62.6 Å². The van der Waals surface area contributed by atoms with Crippen LogP contribution in [0.25, 0.3) is 0 Å². The summed E-state index contributed by atoms with van der Waals surface area (Å²) in [6, 6.07) is 4.85. The molecule has 1 atom stereocenters. The number of piperidine rings is 1.